The fraction of sp³-hybridized carbons (Fsp3) is 1.00. The summed E-state index contributed by atoms with van der Waals surface area (Å²) in [5, 5.41) is 0. The molecule has 0 aromatic heterocycles. The van der Waals surface area contributed by atoms with E-state index < -0.39 is 0 Å². The standard InChI is InChI=1S/C2H6S.Al/c1-2-3;/h3H,2H2,1H3;/q;+3/p-1. The topological polar surface area (TPSA) is 0 Å². The molecule has 20 valence electrons. The van der Waals surface area contributed by atoms with Gasteiger partial charge in [-0.05, 0) is 0 Å². The van der Waals surface area contributed by atoms with Gasteiger partial charge in [0, 0.05) is 0 Å². The van der Waals surface area contributed by atoms with E-state index in [9.17, 15) is 0 Å². The van der Waals surface area contributed by atoms with Gasteiger partial charge in [-0.3, -0.25) is 0 Å². The second kappa shape index (κ2) is 3.88. The molecule has 0 rings (SSSR count). The molecule has 0 bridgehead atoms. The number of rotatable bonds is 1. The molecule has 0 aromatic carbocycles. The Kier molecular flexibility index (Phi) is 4.74. The van der Waals surface area contributed by atoms with Crippen LogP contribution in [0.2, 0.25) is 0 Å². The molecular formula is C2H5AlS+2. The molecular weight excluding hydrogens is 83.1 g/mol. The molecule has 0 amide bonds. The van der Waals surface area contributed by atoms with E-state index in [1.54, 1.807) is 10.1 Å². The molecule has 0 unspecified atom stereocenters. The molecule has 0 saturated carbocycles. The summed E-state index contributed by atoms with van der Waals surface area (Å²) in [4.78, 5) is 0. The Hall–Kier alpha value is 0.882. The van der Waals surface area contributed by atoms with Gasteiger partial charge in [-0.2, -0.15) is 0 Å². The summed E-state index contributed by atoms with van der Waals surface area (Å²) in [6.45, 7) is 2.12. The first-order valence-electron chi connectivity index (χ1n) is 1.23. The van der Waals surface area contributed by atoms with Crippen molar-refractivity contribution >= 4 is 25.3 Å². The van der Waals surface area contributed by atoms with Gasteiger partial charge >= 0.3 is 38.0 Å². The third kappa shape index (κ3) is 2.88. The second-order valence-corrected chi connectivity index (χ2v) is 2.37. The van der Waals surface area contributed by atoms with Gasteiger partial charge in [0.1, 0.15) is 0 Å². The third-order valence-electron chi connectivity index (χ3n) is 0.167. The van der Waals surface area contributed by atoms with Crippen LogP contribution in [0.4, 0.5) is 0 Å². The number of hydrogen-bond donors (Lipinski definition) is 0. The normalized spacial score (nSPS) is 7.75. The summed E-state index contributed by atoms with van der Waals surface area (Å²) in [7, 11) is 1.77. The summed E-state index contributed by atoms with van der Waals surface area (Å²) in [6.07, 6.45) is 0. The third-order valence-corrected chi connectivity index (χ3v) is 1.50. The van der Waals surface area contributed by atoms with Crippen LogP contribution in [0.5, 0.6) is 0 Å². The average Bonchev–Trinajstić information content (AvgIpc) is 1.37. The zero-order valence-corrected chi connectivity index (χ0v) is 4.66. The van der Waals surface area contributed by atoms with E-state index in [0.717, 1.165) is 0 Å². The van der Waals surface area contributed by atoms with E-state index in [1.165, 1.54) is 5.75 Å². The van der Waals surface area contributed by atoms with E-state index >= 15 is 0 Å². The summed E-state index contributed by atoms with van der Waals surface area (Å²) in [6, 6.07) is 0. The van der Waals surface area contributed by atoms with Crippen LogP contribution >= 0.6 is 10.1 Å². The van der Waals surface area contributed by atoms with Gasteiger partial charge in [0.25, 0.3) is 0 Å². The average molecular weight is 88.1 g/mol. The van der Waals surface area contributed by atoms with E-state index in [0.29, 0.717) is 0 Å². The Labute approximate surface area is 38.4 Å². The Balaban J connectivity index is 1.97. The van der Waals surface area contributed by atoms with Crippen molar-refractivity contribution in [3.63, 3.8) is 0 Å². The molecule has 0 saturated heterocycles. The molecule has 0 radical (unpaired) electrons. The molecule has 0 aliphatic carbocycles. The van der Waals surface area contributed by atoms with Crippen LogP contribution in [0.1, 0.15) is 6.92 Å². The predicted molar refractivity (Wildman–Crippen MR) is 23.9 cm³/mol. The number of hydrogen-bond acceptors (Lipinski definition) is 1. The predicted octanol–water partition coefficient (Wildman–Crippen LogP) is 0.823. The van der Waals surface area contributed by atoms with Gasteiger partial charge in [-0.15, -0.1) is 0 Å². The van der Waals surface area contributed by atoms with Crippen LogP contribution in [-0.4, -0.2) is 20.9 Å². The molecule has 0 fully saturated rings. The van der Waals surface area contributed by atoms with Gasteiger partial charge in [-0.25, -0.2) is 0 Å². The Morgan fingerprint density at radius 2 is 2.25 bits per heavy atom. The zero-order chi connectivity index (χ0) is 3.41. The van der Waals surface area contributed by atoms with Crippen LogP contribution in [-0.2, 0) is 0 Å². The van der Waals surface area contributed by atoms with Gasteiger partial charge in [0.05, 0.1) is 0 Å². The van der Waals surface area contributed by atoms with Crippen molar-refractivity contribution in [2.24, 2.45) is 0 Å². The van der Waals surface area contributed by atoms with Crippen molar-refractivity contribution in [2.75, 3.05) is 5.75 Å². The van der Waals surface area contributed by atoms with E-state index in [-0.39, 0.29) is 0 Å². The molecule has 4 heavy (non-hydrogen) atoms. The van der Waals surface area contributed by atoms with Gasteiger partial charge in [0.15, 0.2) is 0 Å². The molecule has 2 heteroatoms. The molecule has 0 atom stereocenters. The van der Waals surface area contributed by atoms with E-state index in [1.807, 2.05) is 0 Å². The van der Waals surface area contributed by atoms with Crippen molar-refractivity contribution in [2.45, 2.75) is 6.92 Å². The van der Waals surface area contributed by atoms with Crippen molar-refractivity contribution in [1.29, 1.82) is 0 Å². The summed E-state index contributed by atoms with van der Waals surface area (Å²) in [5.41, 5.74) is 0. The molecule has 0 aromatic rings. The second-order valence-electron chi connectivity index (χ2n) is 0.455. The van der Waals surface area contributed by atoms with Gasteiger partial charge in [0.2, 0.25) is 0 Å². The minimum absolute atomic E-state index is 1.20. The summed E-state index contributed by atoms with van der Waals surface area (Å²) in [5.74, 6) is 1.20. The first-order chi connectivity index (χ1) is 1.91. The monoisotopic (exact) mass is 88.0 g/mol. The Morgan fingerprint density at radius 1 is 2.00 bits per heavy atom. The van der Waals surface area contributed by atoms with Crippen molar-refractivity contribution in [1.82, 2.24) is 0 Å². The first-order valence-corrected chi connectivity index (χ1v) is 3.69. The van der Waals surface area contributed by atoms with E-state index in [4.69, 9.17) is 0 Å². The van der Waals surface area contributed by atoms with Crippen LogP contribution in [0.3, 0.4) is 0 Å². The van der Waals surface area contributed by atoms with Crippen LogP contribution in [0.25, 0.3) is 0 Å². The molecule has 0 spiro atoms. The maximum absolute atomic E-state index is 2.57. The molecule has 0 nitrogen and oxygen atoms in total. The van der Waals surface area contributed by atoms with Crippen LogP contribution in [0.15, 0.2) is 0 Å². The molecule has 0 aliphatic rings. The van der Waals surface area contributed by atoms with Crippen LogP contribution < -0.4 is 0 Å². The molecule has 0 heterocycles. The SMILES string of the molecule is CC[S][Al+2]. The Bertz CT molecular complexity index is 8.00. The fourth-order valence-corrected chi connectivity index (χ4v) is 0. The Morgan fingerprint density at radius 3 is 2.25 bits per heavy atom. The quantitative estimate of drug-likeness (QED) is 0.428. The van der Waals surface area contributed by atoms with Crippen molar-refractivity contribution in [3.8, 4) is 0 Å². The van der Waals surface area contributed by atoms with Gasteiger partial charge < -0.3 is 0 Å². The fourth-order valence-electron chi connectivity index (χ4n) is 0. The molecule has 0 N–H and O–H groups in total. The zero-order valence-electron chi connectivity index (χ0n) is 2.69. The molecule has 0 aliphatic heterocycles. The van der Waals surface area contributed by atoms with Crippen molar-refractivity contribution < 1.29 is 0 Å². The summed E-state index contributed by atoms with van der Waals surface area (Å²) >= 11 is 2.57. The maximum atomic E-state index is 2.57. The minimum atomic E-state index is 1.20. The van der Waals surface area contributed by atoms with Crippen LogP contribution in [0, 0.1) is 0 Å². The van der Waals surface area contributed by atoms with Crippen molar-refractivity contribution in [3.05, 3.63) is 0 Å². The first kappa shape index (κ1) is 4.88. The van der Waals surface area contributed by atoms with Gasteiger partial charge in [-0.1, -0.05) is 0 Å². The van der Waals surface area contributed by atoms with E-state index in [2.05, 4.69) is 22.1 Å². The summed E-state index contributed by atoms with van der Waals surface area (Å²) < 4.78 is 0.